The molecule has 2 heterocycles. The molecule has 0 atom stereocenters. The van der Waals surface area contributed by atoms with Gasteiger partial charge in [-0.3, -0.25) is 0 Å². The summed E-state index contributed by atoms with van der Waals surface area (Å²) in [5, 5.41) is 8.11. The number of esters is 1. The van der Waals surface area contributed by atoms with Crippen molar-refractivity contribution in [2.24, 2.45) is 0 Å². The van der Waals surface area contributed by atoms with E-state index >= 15 is 0 Å². The van der Waals surface area contributed by atoms with Gasteiger partial charge in [0.15, 0.2) is 9.50 Å². The number of nitrogen functional groups attached to an aromatic ring is 2. The number of nitrogens with zero attached hydrogens (tertiary/aromatic N) is 4. The monoisotopic (exact) mass is 298 g/mol. The Balaban J connectivity index is 2.13. The number of rotatable bonds is 4. The summed E-state index contributed by atoms with van der Waals surface area (Å²) in [6.45, 7) is 2.01. The fourth-order valence-corrected chi connectivity index (χ4v) is 2.75. The van der Waals surface area contributed by atoms with E-state index in [0.29, 0.717) is 9.50 Å². The molecular formula is C9H10N6O2S2. The van der Waals surface area contributed by atoms with Crippen molar-refractivity contribution < 1.29 is 9.53 Å². The number of hydrogen-bond donors (Lipinski definition) is 2. The summed E-state index contributed by atoms with van der Waals surface area (Å²) < 4.78 is 5.33. The average Bonchev–Trinajstić information content (AvgIpc) is 2.76. The molecule has 0 saturated carbocycles. The fraction of sp³-hybridized carbons (Fsp3) is 0.222. The maximum atomic E-state index is 11.4. The van der Waals surface area contributed by atoms with Crippen molar-refractivity contribution >= 4 is 40.7 Å². The Labute approximate surface area is 116 Å². The average molecular weight is 298 g/mol. The molecule has 0 saturated heterocycles. The van der Waals surface area contributed by atoms with Gasteiger partial charge >= 0.3 is 5.97 Å². The molecule has 2 rings (SSSR count). The van der Waals surface area contributed by atoms with Crippen molar-refractivity contribution in [3.63, 3.8) is 0 Å². The lowest BCUT2D eigenvalue weighted by Gasteiger charge is -1.99. The van der Waals surface area contributed by atoms with Gasteiger partial charge in [0.2, 0.25) is 5.01 Å². The van der Waals surface area contributed by atoms with E-state index in [9.17, 15) is 4.79 Å². The molecule has 0 unspecified atom stereocenters. The van der Waals surface area contributed by atoms with Gasteiger partial charge in [-0.2, -0.15) is 0 Å². The minimum Gasteiger partial charge on any atom is -0.461 e. The second-order valence-corrected chi connectivity index (χ2v) is 5.39. The van der Waals surface area contributed by atoms with Gasteiger partial charge in [0.1, 0.15) is 11.6 Å². The predicted molar refractivity (Wildman–Crippen MR) is 70.8 cm³/mol. The molecule has 0 spiro atoms. The van der Waals surface area contributed by atoms with Crippen LogP contribution in [0.2, 0.25) is 0 Å². The van der Waals surface area contributed by atoms with Gasteiger partial charge < -0.3 is 16.2 Å². The van der Waals surface area contributed by atoms with E-state index in [1.54, 1.807) is 6.92 Å². The summed E-state index contributed by atoms with van der Waals surface area (Å²) in [7, 11) is 0. The molecule has 19 heavy (non-hydrogen) atoms. The van der Waals surface area contributed by atoms with E-state index in [0.717, 1.165) is 23.1 Å². The minimum absolute atomic E-state index is 0.182. The molecule has 8 nitrogen and oxygen atoms in total. The Kier molecular flexibility index (Phi) is 4.12. The van der Waals surface area contributed by atoms with Gasteiger partial charge in [-0.15, -0.1) is 10.2 Å². The Morgan fingerprint density at radius 2 is 2.05 bits per heavy atom. The number of nitrogens with two attached hydrogens (primary N) is 2. The molecule has 0 aromatic carbocycles. The third-order valence-corrected chi connectivity index (χ3v) is 3.60. The second-order valence-electron chi connectivity index (χ2n) is 3.20. The highest BCUT2D eigenvalue weighted by Gasteiger charge is 2.15. The van der Waals surface area contributed by atoms with Crippen LogP contribution in [0, 0.1) is 0 Å². The SMILES string of the molecule is CCOC(=O)c1nnc(Sc2nc(N)cc(N)n2)s1. The lowest BCUT2D eigenvalue weighted by Crippen LogP contribution is -2.03. The molecule has 0 bridgehead atoms. The van der Waals surface area contributed by atoms with Crippen LogP contribution >= 0.6 is 23.1 Å². The van der Waals surface area contributed by atoms with Crippen LogP contribution in [0.3, 0.4) is 0 Å². The lowest BCUT2D eigenvalue weighted by molar-refractivity contribution is 0.0525. The number of anilines is 2. The number of carbonyl (C=O) groups excluding carboxylic acids is 1. The summed E-state index contributed by atoms with van der Waals surface area (Å²) in [4.78, 5) is 19.4. The minimum atomic E-state index is -0.500. The summed E-state index contributed by atoms with van der Waals surface area (Å²) in [6.07, 6.45) is 0. The summed E-state index contributed by atoms with van der Waals surface area (Å²) in [5.74, 6) is 0.0371. The van der Waals surface area contributed by atoms with Crippen LogP contribution in [-0.4, -0.2) is 32.7 Å². The zero-order valence-electron chi connectivity index (χ0n) is 9.86. The topological polar surface area (TPSA) is 130 Å². The zero-order valence-corrected chi connectivity index (χ0v) is 11.5. The van der Waals surface area contributed by atoms with Crippen LogP contribution in [0.25, 0.3) is 0 Å². The number of carbonyl (C=O) groups is 1. The van der Waals surface area contributed by atoms with Crippen LogP contribution in [0.15, 0.2) is 15.6 Å². The Bertz CT molecular complexity index is 582. The second kappa shape index (κ2) is 5.80. The Hall–Kier alpha value is -1.94. The first-order valence-electron chi connectivity index (χ1n) is 5.17. The molecule has 0 amide bonds. The first-order valence-corrected chi connectivity index (χ1v) is 6.80. The highest BCUT2D eigenvalue weighted by molar-refractivity contribution is 8.00. The zero-order chi connectivity index (χ0) is 13.8. The van der Waals surface area contributed by atoms with Crippen LogP contribution in [-0.2, 0) is 4.74 Å². The normalized spacial score (nSPS) is 10.4. The molecule has 10 heteroatoms. The van der Waals surface area contributed by atoms with Crippen molar-refractivity contribution in [3.8, 4) is 0 Å². The molecule has 100 valence electrons. The van der Waals surface area contributed by atoms with Crippen LogP contribution in [0.4, 0.5) is 11.6 Å². The number of aromatic nitrogens is 4. The van der Waals surface area contributed by atoms with Crippen molar-refractivity contribution in [2.45, 2.75) is 16.4 Å². The highest BCUT2D eigenvalue weighted by Crippen LogP contribution is 2.28. The van der Waals surface area contributed by atoms with Gasteiger partial charge in [-0.25, -0.2) is 14.8 Å². The highest BCUT2D eigenvalue weighted by atomic mass is 32.2. The first-order chi connectivity index (χ1) is 9.08. The molecule has 0 aliphatic heterocycles. The van der Waals surface area contributed by atoms with Crippen LogP contribution < -0.4 is 11.5 Å². The maximum absolute atomic E-state index is 11.4. The van der Waals surface area contributed by atoms with E-state index in [1.165, 1.54) is 6.07 Å². The van der Waals surface area contributed by atoms with Gasteiger partial charge in [-0.1, -0.05) is 11.3 Å². The summed E-state index contributed by atoms with van der Waals surface area (Å²) >= 11 is 2.22. The van der Waals surface area contributed by atoms with E-state index in [4.69, 9.17) is 16.2 Å². The van der Waals surface area contributed by atoms with E-state index in [1.807, 2.05) is 0 Å². The summed E-state index contributed by atoms with van der Waals surface area (Å²) in [6, 6.07) is 1.45. The molecule has 0 aliphatic carbocycles. The summed E-state index contributed by atoms with van der Waals surface area (Å²) in [5.41, 5.74) is 11.1. The van der Waals surface area contributed by atoms with Crippen LogP contribution in [0.5, 0.6) is 0 Å². The number of ether oxygens (including phenoxy) is 1. The predicted octanol–water partition coefficient (Wildman–Crippen LogP) is 0.820. The first kappa shape index (κ1) is 13.5. The van der Waals surface area contributed by atoms with Gasteiger partial charge in [0.25, 0.3) is 0 Å². The molecule has 2 aromatic rings. The third kappa shape index (κ3) is 3.51. The molecule has 4 N–H and O–H groups in total. The van der Waals surface area contributed by atoms with Crippen molar-refractivity contribution in [1.29, 1.82) is 0 Å². The number of hydrogen-bond acceptors (Lipinski definition) is 10. The van der Waals surface area contributed by atoms with E-state index in [2.05, 4.69) is 20.2 Å². The molecule has 0 fully saturated rings. The van der Waals surface area contributed by atoms with Crippen molar-refractivity contribution in [3.05, 3.63) is 11.1 Å². The standard InChI is InChI=1S/C9H10N6O2S2/c1-2-17-7(16)6-14-15-9(18-6)19-8-12-4(10)3-5(11)13-8/h3H,2H2,1H3,(H4,10,11,12,13). The van der Waals surface area contributed by atoms with Gasteiger partial charge in [0.05, 0.1) is 6.61 Å². The molecule has 0 aliphatic rings. The molecule has 0 radical (unpaired) electrons. The van der Waals surface area contributed by atoms with Crippen molar-refractivity contribution in [1.82, 2.24) is 20.2 Å². The smallest absolute Gasteiger partial charge is 0.369 e. The quantitative estimate of drug-likeness (QED) is 0.622. The van der Waals surface area contributed by atoms with Crippen molar-refractivity contribution in [2.75, 3.05) is 18.1 Å². The Morgan fingerprint density at radius 3 is 2.68 bits per heavy atom. The molecular weight excluding hydrogens is 288 g/mol. The van der Waals surface area contributed by atoms with Crippen LogP contribution in [0.1, 0.15) is 16.7 Å². The fourth-order valence-electron chi connectivity index (χ4n) is 1.11. The lowest BCUT2D eigenvalue weighted by atomic mass is 10.5. The van der Waals surface area contributed by atoms with E-state index < -0.39 is 5.97 Å². The van der Waals surface area contributed by atoms with E-state index in [-0.39, 0.29) is 23.3 Å². The maximum Gasteiger partial charge on any atom is 0.369 e. The van der Waals surface area contributed by atoms with Gasteiger partial charge in [-0.05, 0) is 18.7 Å². The third-order valence-electron chi connectivity index (χ3n) is 1.78. The molecule has 2 aromatic heterocycles. The van der Waals surface area contributed by atoms with Gasteiger partial charge in [0, 0.05) is 6.07 Å². The Morgan fingerprint density at radius 1 is 1.37 bits per heavy atom. The largest absolute Gasteiger partial charge is 0.461 e.